The van der Waals surface area contributed by atoms with Crippen molar-refractivity contribution in [2.24, 2.45) is 0 Å². The van der Waals surface area contributed by atoms with Crippen molar-refractivity contribution in [3.63, 3.8) is 0 Å². The number of nitrogens with zero attached hydrogens (tertiary/aromatic N) is 1. The second-order valence-electron chi connectivity index (χ2n) is 5.19. The molecular formula is C14H16N2O. The number of hydrogen-bond acceptors (Lipinski definition) is 2. The number of nitrogens with one attached hydrogen (secondary N) is 1. The number of fused-ring (bicyclic) bond motifs is 1. The van der Waals surface area contributed by atoms with Crippen molar-refractivity contribution in [1.29, 1.82) is 0 Å². The molecule has 1 saturated heterocycles. The molecule has 17 heavy (non-hydrogen) atoms. The van der Waals surface area contributed by atoms with Gasteiger partial charge in [0.15, 0.2) is 0 Å². The first kappa shape index (κ1) is 9.54. The minimum atomic E-state index is 0.359. The monoisotopic (exact) mass is 228 g/mol. The highest BCUT2D eigenvalue weighted by Crippen LogP contribution is 2.37. The fourth-order valence-corrected chi connectivity index (χ4v) is 3.26. The number of rotatable bonds is 0. The molecule has 1 N–H and O–H groups in total. The van der Waals surface area contributed by atoms with E-state index in [2.05, 4.69) is 41.3 Å². The average molecular weight is 228 g/mol. The molecule has 0 bridgehead atoms. The largest absolute Gasteiger partial charge is 0.488 e. The van der Waals surface area contributed by atoms with Gasteiger partial charge < -0.3 is 9.72 Å². The molecule has 0 saturated carbocycles. The fourth-order valence-electron chi connectivity index (χ4n) is 3.26. The molecule has 0 spiro atoms. The van der Waals surface area contributed by atoms with Crippen LogP contribution >= 0.6 is 0 Å². The van der Waals surface area contributed by atoms with Gasteiger partial charge in [0.1, 0.15) is 11.9 Å². The van der Waals surface area contributed by atoms with Crippen molar-refractivity contribution in [3.05, 3.63) is 30.0 Å². The second kappa shape index (κ2) is 3.26. The van der Waals surface area contributed by atoms with E-state index in [1.807, 2.05) is 0 Å². The molecule has 0 radical (unpaired) electrons. The van der Waals surface area contributed by atoms with Gasteiger partial charge in [-0.05, 0) is 37.6 Å². The first-order valence-corrected chi connectivity index (χ1v) is 6.29. The van der Waals surface area contributed by atoms with E-state index in [9.17, 15) is 0 Å². The Bertz CT molecular complexity index is 575. The minimum Gasteiger partial charge on any atom is -0.488 e. The van der Waals surface area contributed by atoms with Crippen LogP contribution in [0.5, 0.6) is 5.75 Å². The molecule has 1 aromatic heterocycles. The van der Waals surface area contributed by atoms with Gasteiger partial charge >= 0.3 is 0 Å². The highest BCUT2D eigenvalue weighted by Gasteiger charge is 2.36. The smallest absolute Gasteiger partial charge is 0.129 e. The summed E-state index contributed by atoms with van der Waals surface area (Å²) in [5, 5.41) is 1.29. The standard InChI is InChI=1S/C14H16N2O/c1-16-6-5-12-11(16)7-9-8-15-10-3-2-4-13(17-12)14(9)10/h2-4,8,11-12,15H,5-7H2,1H3/t11-,12+/m1/s1. The van der Waals surface area contributed by atoms with E-state index in [-0.39, 0.29) is 0 Å². The van der Waals surface area contributed by atoms with E-state index in [0.717, 1.165) is 25.1 Å². The van der Waals surface area contributed by atoms with Gasteiger partial charge in [0, 0.05) is 23.6 Å². The Balaban J connectivity index is 1.91. The lowest BCUT2D eigenvalue weighted by Gasteiger charge is -2.23. The van der Waals surface area contributed by atoms with E-state index < -0.39 is 0 Å². The molecule has 0 aliphatic carbocycles. The summed E-state index contributed by atoms with van der Waals surface area (Å²) in [6.45, 7) is 1.14. The van der Waals surface area contributed by atoms with E-state index in [0.29, 0.717) is 12.1 Å². The highest BCUT2D eigenvalue weighted by molar-refractivity contribution is 5.89. The number of aromatic nitrogens is 1. The van der Waals surface area contributed by atoms with Gasteiger partial charge in [0.25, 0.3) is 0 Å². The third-order valence-corrected chi connectivity index (χ3v) is 4.22. The van der Waals surface area contributed by atoms with Crippen LogP contribution in [0.3, 0.4) is 0 Å². The SMILES string of the molecule is CN1CC[C@@H]2Oc3cccc4[nH]cc(c34)C[C@H]21. The van der Waals surface area contributed by atoms with Crippen LogP contribution in [0.25, 0.3) is 10.9 Å². The molecule has 1 aromatic carbocycles. The molecule has 2 aliphatic heterocycles. The van der Waals surface area contributed by atoms with Gasteiger partial charge in [-0.25, -0.2) is 0 Å². The van der Waals surface area contributed by atoms with Crippen molar-refractivity contribution in [2.45, 2.75) is 25.0 Å². The summed E-state index contributed by atoms with van der Waals surface area (Å²) >= 11 is 0. The Labute approximate surface area is 100 Å². The van der Waals surface area contributed by atoms with Crippen molar-refractivity contribution in [2.75, 3.05) is 13.6 Å². The number of ether oxygens (including phenoxy) is 1. The lowest BCUT2D eigenvalue weighted by Crippen LogP contribution is -2.36. The van der Waals surface area contributed by atoms with Gasteiger partial charge in [-0.1, -0.05) is 6.07 Å². The molecule has 3 heteroatoms. The van der Waals surface area contributed by atoms with Gasteiger partial charge in [0.2, 0.25) is 0 Å². The van der Waals surface area contributed by atoms with E-state index in [1.54, 1.807) is 0 Å². The van der Waals surface area contributed by atoms with Gasteiger partial charge in [0.05, 0.1) is 6.04 Å². The van der Waals surface area contributed by atoms with E-state index in [4.69, 9.17) is 4.74 Å². The Morgan fingerprint density at radius 2 is 2.35 bits per heavy atom. The van der Waals surface area contributed by atoms with Crippen LogP contribution in [0.4, 0.5) is 0 Å². The summed E-state index contributed by atoms with van der Waals surface area (Å²) in [6.07, 6.45) is 4.74. The zero-order chi connectivity index (χ0) is 11.4. The first-order chi connectivity index (χ1) is 8.33. The number of likely N-dealkylation sites (tertiary alicyclic amines) is 1. The summed E-state index contributed by atoms with van der Waals surface area (Å²) in [5.74, 6) is 1.06. The maximum atomic E-state index is 6.22. The van der Waals surface area contributed by atoms with Crippen LogP contribution in [0.2, 0.25) is 0 Å². The summed E-state index contributed by atoms with van der Waals surface area (Å²) in [5.41, 5.74) is 2.59. The van der Waals surface area contributed by atoms with Gasteiger partial charge in [-0.3, -0.25) is 4.90 Å². The topological polar surface area (TPSA) is 28.3 Å². The normalized spacial score (nSPS) is 27.8. The highest BCUT2D eigenvalue weighted by atomic mass is 16.5. The Morgan fingerprint density at radius 3 is 3.29 bits per heavy atom. The molecule has 3 nitrogen and oxygen atoms in total. The maximum Gasteiger partial charge on any atom is 0.129 e. The molecule has 88 valence electrons. The molecular weight excluding hydrogens is 212 g/mol. The second-order valence-corrected chi connectivity index (χ2v) is 5.19. The molecule has 2 aromatic rings. The Kier molecular flexibility index (Phi) is 1.83. The molecule has 2 atom stereocenters. The minimum absolute atomic E-state index is 0.359. The summed E-state index contributed by atoms with van der Waals surface area (Å²) in [7, 11) is 2.20. The van der Waals surface area contributed by atoms with Crippen molar-refractivity contribution in [1.82, 2.24) is 9.88 Å². The van der Waals surface area contributed by atoms with Crippen LogP contribution < -0.4 is 4.74 Å². The average Bonchev–Trinajstić information content (AvgIpc) is 2.83. The van der Waals surface area contributed by atoms with Gasteiger partial charge in [-0.2, -0.15) is 0 Å². The fraction of sp³-hybridized carbons (Fsp3) is 0.429. The van der Waals surface area contributed by atoms with Crippen LogP contribution in [0, 0.1) is 0 Å². The summed E-state index contributed by atoms with van der Waals surface area (Å²) in [4.78, 5) is 5.77. The molecule has 2 aliphatic rings. The predicted octanol–water partition coefficient (Wildman–Crippen LogP) is 2.18. The first-order valence-electron chi connectivity index (χ1n) is 6.29. The quantitative estimate of drug-likeness (QED) is 0.748. The summed E-state index contributed by atoms with van der Waals surface area (Å²) in [6, 6.07) is 6.81. The molecule has 3 heterocycles. The van der Waals surface area contributed by atoms with Crippen LogP contribution in [-0.2, 0) is 6.42 Å². The molecule has 0 amide bonds. The predicted molar refractivity (Wildman–Crippen MR) is 67.5 cm³/mol. The van der Waals surface area contributed by atoms with Crippen LogP contribution in [0.1, 0.15) is 12.0 Å². The van der Waals surface area contributed by atoms with Crippen molar-refractivity contribution >= 4 is 10.9 Å². The van der Waals surface area contributed by atoms with Crippen LogP contribution in [0.15, 0.2) is 24.4 Å². The lowest BCUT2D eigenvalue weighted by atomic mass is 10.0. The zero-order valence-electron chi connectivity index (χ0n) is 9.94. The van der Waals surface area contributed by atoms with E-state index >= 15 is 0 Å². The summed E-state index contributed by atoms with van der Waals surface area (Å²) < 4.78 is 6.22. The van der Waals surface area contributed by atoms with E-state index in [1.165, 1.54) is 16.5 Å². The maximum absolute atomic E-state index is 6.22. The number of benzene rings is 1. The number of hydrogen-bond donors (Lipinski definition) is 1. The zero-order valence-corrected chi connectivity index (χ0v) is 9.94. The third-order valence-electron chi connectivity index (χ3n) is 4.22. The Morgan fingerprint density at radius 1 is 1.41 bits per heavy atom. The van der Waals surface area contributed by atoms with Gasteiger partial charge in [-0.15, -0.1) is 0 Å². The molecule has 4 rings (SSSR count). The lowest BCUT2D eigenvalue weighted by molar-refractivity contribution is 0.155. The number of aromatic amines is 1. The number of likely N-dealkylation sites (N-methyl/N-ethyl adjacent to an activating group) is 1. The van der Waals surface area contributed by atoms with Crippen molar-refractivity contribution < 1.29 is 4.74 Å². The van der Waals surface area contributed by atoms with Crippen LogP contribution in [-0.4, -0.2) is 35.6 Å². The molecule has 1 fully saturated rings. The Hall–Kier alpha value is -1.48. The molecule has 0 unspecified atom stereocenters. The third kappa shape index (κ3) is 1.26. The number of H-pyrrole nitrogens is 1. The van der Waals surface area contributed by atoms with Crippen molar-refractivity contribution in [3.8, 4) is 5.75 Å².